The largest absolute Gasteiger partial charge is 0.386 e. The maximum atomic E-state index is 13.7. The van der Waals surface area contributed by atoms with E-state index in [-0.39, 0.29) is 12.2 Å². The minimum atomic E-state index is -3.86. The third-order valence-electron chi connectivity index (χ3n) is 6.27. The summed E-state index contributed by atoms with van der Waals surface area (Å²) < 4.78 is 28.9. The lowest BCUT2D eigenvalue weighted by molar-refractivity contribution is -0.124. The van der Waals surface area contributed by atoms with Crippen LogP contribution in [-0.4, -0.2) is 25.5 Å². The number of sulfonamides is 1. The number of aliphatic hydroxyl groups excluding tert-OH is 1. The minimum Gasteiger partial charge on any atom is -0.386 e. The minimum absolute atomic E-state index is 0.157. The smallest absolute Gasteiger partial charge is 0.239 e. The van der Waals surface area contributed by atoms with Gasteiger partial charge in [-0.2, -0.15) is 0 Å². The number of aryl methyl sites for hydroxylation is 1. The second-order valence-electron chi connectivity index (χ2n) is 9.36. The summed E-state index contributed by atoms with van der Waals surface area (Å²) in [7, 11) is -3.86. The number of aliphatic hydroxyl groups is 1. The Hall–Kier alpha value is -3.78. The van der Waals surface area contributed by atoms with Crippen molar-refractivity contribution in [3.05, 3.63) is 143 Å². The molecule has 0 radical (unpaired) electrons. The maximum absolute atomic E-state index is 13.7. The first-order chi connectivity index (χ1) is 18.3. The molecule has 3 atom stereocenters. The quantitative estimate of drug-likeness (QED) is 0.265. The molecule has 0 fully saturated rings. The molecule has 7 heteroatoms. The van der Waals surface area contributed by atoms with Crippen LogP contribution in [0, 0.1) is 6.92 Å². The van der Waals surface area contributed by atoms with Crippen molar-refractivity contribution in [2.24, 2.45) is 0 Å². The van der Waals surface area contributed by atoms with Gasteiger partial charge in [0, 0.05) is 0 Å². The van der Waals surface area contributed by atoms with E-state index in [9.17, 15) is 18.3 Å². The van der Waals surface area contributed by atoms with E-state index in [0.717, 1.165) is 11.1 Å². The summed E-state index contributed by atoms with van der Waals surface area (Å²) in [6, 6.07) is 32.8. The van der Waals surface area contributed by atoms with Gasteiger partial charge < -0.3 is 10.4 Å². The fraction of sp³-hybridized carbons (Fsp3) is 0.194. The van der Waals surface area contributed by atoms with Gasteiger partial charge in [-0.25, -0.2) is 13.1 Å². The lowest BCUT2D eigenvalue weighted by Crippen LogP contribution is -2.49. The van der Waals surface area contributed by atoms with E-state index in [2.05, 4.69) is 10.0 Å². The number of carbonyl (C=O) groups excluding carboxylic acids is 1. The molecule has 1 amide bonds. The summed E-state index contributed by atoms with van der Waals surface area (Å²) in [6.07, 6.45) is -0.882. The van der Waals surface area contributed by atoms with E-state index in [0.29, 0.717) is 16.7 Å². The Kier molecular flexibility index (Phi) is 9.07. The summed E-state index contributed by atoms with van der Waals surface area (Å²) in [6.45, 7) is 1.94. The number of benzene rings is 4. The number of carbonyl (C=O) groups is 1. The topological polar surface area (TPSA) is 95.5 Å². The molecule has 0 aliphatic heterocycles. The Morgan fingerprint density at radius 3 is 1.92 bits per heavy atom. The van der Waals surface area contributed by atoms with Crippen LogP contribution in [0.1, 0.15) is 40.0 Å². The highest BCUT2D eigenvalue weighted by atomic mass is 32.2. The van der Waals surface area contributed by atoms with Crippen molar-refractivity contribution in [1.29, 1.82) is 0 Å². The average molecular weight is 529 g/mol. The first-order valence-corrected chi connectivity index (χ1v) is 14.1. The molecule has 6 nitrogen and oxygen atoms in total. The molecule has 0 heterocycles. The van der Waals surface area contributed by atoms with Gasteiger partial charge in [0.15, 0.2) is 0 Å². The van der Waals surface area contributed by atoms with Gasteiger partial charge in [-0.1, -0.05) is 121 Å². The Labute approximate surface area is 224 Å². The lowest BCUT2D eigenvalue weighted by Gasteiger charge is -2.28. The van der Waals surface area contributed by atoms with Crippen LogP contribution in [0.5, 0.6) is 0 Å². The molecule has 3 N–H and O–H groups in total. The molecule has 0 aromatic heterocycles. The van der Waals surface area contributed by atoms with Crippen LogP contribution in [0.3, 0.4) is 0 Å². The van der Waals surface area contributed by atoms with Gasteiger partial charge in [-0.3, -0.25) is 4.79 Å². The van der Waals surface area contributed by atoms with Gasteiger partial charge in [0.2, 0.25) is 15.9 Å². The molecular weight excluding hydrogens is 496 g/mol. The standard InChI is InChI=1S/C31H32N2O4S/c1-23-12-11-15-25(20-23)21-28(33-38(36,37)22-24-13-5-2-6-14-24)31(35)32-29(26-16-7-3-8-17-26)30(34)27-18-9-4-10-19-27/h2-20,28-30,33-34H,21-22H2,1H3,(H,32,35). The number of nitrogens with one attached hydrogen (secondary N) is 2. The second kappa shape index (κ2) is 12.6. The molecule has 0 aliphatic carbocycles. The van der Waals surface area contributed by atoms with Crippen LogP contribution >= 0.6 is 0 Å². The molecule has 38 heavy (non-hydrogen) atoms. The van der Waals surface area contributed by atoms with Crippen LogP contribution < -0.4 is 10.0 Å². The Bertz CT molecular complexity index is 1430. The van der Waals surface area contributed by atoms with Crippen LogP contribution in [0.15, 0.2) is 115 Å². The third-order valence-corrected chi connectivity index (χ3v) is 7.63. The van der Waals surface area contributed by atoms with Gasteiger partial charge in [0.25, 0.3) is 0 Å². The maximum Gasteiger partial charge on any atom is 0.239 e. The van der Waals surface area contributed by atoms with E-state index in [1.807, 2.05) is 85.8 Å². The molecule has 196 valence electrons. The van der Waals surface area contributed by atoms with Gasteiger partial charge in [-0.15, -0.1) is 0 Å². The van der Waals surface area contributed by atoms with Crippen molar-refractivity contribution >= 4 is 15.9 Å². The summed E-state index contributed by atoms with van der Waals surface area (Å²) in [4.78, 5) is 13.7. The van der Waals surface area contributed by atoms with Crippen molar-refractivity contribution in [3.8, 4) is 0 Å². The highest BCUT2D eigenvalue weighted by Gasteiger charge is 2.30. The molecule has 3 unspecified atom stereocenters. The van der Waals surface area contributed by atoms with E-state index in [1.54, 1.807) is 36.4 Å². The van der Waals surface area contributed by atoms with Crippen LogP contribution in [-0.2, 0) is 27.0 Å². The van der Waals surface area contributed by atoms with E-state index >= 15 is 0 Å². The zero-order valence-corrected chi connectivity index (χ0v) is 22.0. The average Bonchev–Trinajstić information content (AvgIpc) is 2.92. The summed E-state index contributed by atoms with van der Waals surface area (Å²) >= 11 is 0. The molecule has 0 saturated carbocycles. The van der Waals surface area contributed by atoms with Gasteiger partial charge >= 0.3 is 0 Å². The summed E-state index contributed by atoms with van der Waals surface area (Å²) in [5, 5.41) is 14.2. The molecule has 0 spiro atoms. The predicted molar refractivity (Wildman–Crippen MR) is 150 cm³/mol. The van der Waals surface area contributed by atoms with Crippen molar-refractivity contribution in [2.75, 3.05) is 0 Å². The van der Waals surface area contributed by atoms with Gasteiger partial charge in [-0.05, 0) is 35.6 Å². The molecule has 4 aromatic rings. The third kappa shape index (κ3) is 7.61. The van der Waals surface area contributed by atoms with Crippen LogP contribution in [0.25, 0.3) is 0 Å². The van der Waals surface area contributed by atoms with Gasteiger partial charge in [0.05, 0.1) is 11.8 Å². The zero-order valence-electron chi connectivity index (χ0n) is 21.2. The first kappa shape index (κ1) is 27.3. The Morgan fingerprint density at radius 2 is 1.32 bits per heavy atom. The molecule has 0 bridgehead atoms. The van der Waals surface area contributed by atoms with E-state index in [1.165, 1.54) is 0 Å². The number of rotatable bonds is 11. The second-order valence-corrected chi connectivity index (χ2v) is 11.1. The van der Waals surface area contributed by atoms with Crippen LogP contribution in [0.2, 0.25) is 0 Å². The van der Waals surface area contributed by atoms with Crippen molar-refractivity contribution in [3.63, 3.8) is 0 Å². The number of hydrogen-bond donors (Lipinski definition) is 3. The SMILES string of the molecule is Cc1cccc(CC(NS(=O)(=O)Cc2ccccc2)C(=O)NC(c2ccccc2)C(O)c2ccccc2)c1. The van der Waals surface area contributed by atoms with Gasteiger partial charge in [0.1, 0.15) is 12.1 Å². The molecule has 4 aromatic carbocycles. The number of hydrogen-bond acceptors (Lipinski definition) is 4. The molecular formula is C31H32N2O4S. The van der Waals surface area contributed by atoms with Crippen LogP contribution in [0.4, 0.5) is 0 Å². The summed E-state index contributed by atoms with van der Waals surface area (Å²) in [5.74, 6) is -0.771. The predicted octanol–water partition coefficient (Wildman–Crippen LogP) is 4.62. The monoisotopic (exact) mass is 528 g/mol. The highest BCUT2D eigenvalue weighted by molar-refractivity contribution is 7.88. The molecule has 4 rings (SSSR count). The van der Waals surface area contributed by atoms with Crippen molar-refractivity contribution in [1.82, 2.24) is 10.0 Å². The Balaban J connectivity index is 1.63. The number of amides is 1. The van der Waals surface area contributed by atoms with E-state index in [4.69, 9.17) is 0 Å². The first-order valence-electron chi connectivity index (χ1n) is 12.5. The highest BCUT2D eigenvalue weighted by Crippen LogP contribution is 2.29. The van der Waals surface area contributed by atoms with Crippen molar-refractivity contribution in [2.45, 2.75) is 37.3 Å². The summed E-state index contributed by atoms with van der Waals surface area (Å²) in [5.41, 5.74) is 3.81. The normalized spacial score (nSPS) is 13.8. The fourth-order valence-electron chi connectivity index (χ4n) is 4.42. The van der Waals surface area contributed by atoms with E-state index < -0.39 is 34.1 Å². The fourth-order valence-corrected chi connectivity index (χ4v) is 5.75. The molecule has 0 aliphatic rings. The Morgan fingerprint density at radius 1 is 0.763 bits per heavy atom. The lowest BCUT2D eigenvalue weighted by atomic mass is 9.95. The molecule has 0 saturated heterocycles. The van der Waals surface area contributed by atoms with Crippen molar-refractivity contribution < 1.29 is 18.3 Å². The zero-order chi connectivity index (χ0) is 27.0.